The van der Waals surface area contributed by atoms with Crippen LogP contribution in [0.25, 0.3) is 0 Å². The summed E-state index contributed by atoms with van der Waals surface area (Å²) in [6.45, 7) is 6.16. The van der Waals surface area contributed by atoms with Crippen LogP contribution in [0.4, 0.5) is 5.69 Å². The highest BCUT2D eigenvalue weighted by molar-refractivity contribution is 7.98. The number of hydrogen-bond acceptors (Lipinski definition) is 5. The van der Waals surface area contributed by atoms with Gasteiger partial charge in [-0.25, -0.2) is 0 Å². The number of aromatic nitrogens is 1. The number of anilines is 1. The monoisotopic (exact) mass is 373 g/mol. The molecule has 2 aromatic rings. The smallest absolute Gasteiger partial charge is 0.259 e. The SMILES string of the molecule is CCc1noc(C)c1C(=O)N1CC(=O)N(c2ccccc2SC)C(C)C1. The predicted octanol–water partition coefficient (Wildman–Crippen LogP) is 3.14. The Morgan fingerprint density at radius 3 is 2.77 bits per heavy atom. The molecule has 26 heavy (non-hydrogen) atoms. The normalized spacial score (nSPS) is 17.7. The van der Waals surface area contributed by atoms with Gasteiger partial charge in [0, 0.05) is 11.4 Å². The summed E-state index contributed by atoms with van der Waals surface area (Å²) in [5.41, 5.74) is 2.04. The van der Waals surface area contributed by atoms with Gasteiger partial charge < -0.3 is 14.3 Å². The van der Waals surface area contributed by atoms with E-state index < -0.39 is 0 Å². The molecule has 6 nitrogen and oxygen atoms in total. The minimum atomic E-state index is -0.182. The Bertz CT molecular complexity index is 833. The maximum absolute atomic E-state index is 13.0. The van der Waals surface area contributed by atoms with Gasteiger partial charge in [0.15, 0.2) is 0 Å². The van der Waals surface area contributed by atoms with Crippen LogP contribution in [0.15, 0.2) is 33.7 Å². The fraction of sp³-hybridized carbons (Fsp3) is 0.421. The molecule has 0 spiro atoms. The first kappa shape index (κ1) is 18.5. The molecule has 1 aliphatic heterocycles. The van der Waals surface area contributed by atoms with E-state index >= 15 is 0 Å². The van der Waals surface area contributed by atoms with Crippen LogP contribution in [-0.4, -0.2) is 47.3 Å². The van der Waals surface area contributed by atoms with Crippen molar-refractivity contribution in [1.82, 2.24) is 10.1 Å². The third-order valence-corrected chi connectivity index (χ3v) is 5.42. The van der Waals surface area contributed by atoms with Gasteiger partial charge in [-0.05, 0) is 38.7 Å². The lowest BCUT2D eigenvalue weighted by Crippen LogP contribution is -2.57. The Balaban J connectivity index is 1.86. The number of aryl methyl sites for hydroxylation is 2. The summed E-state index contributed by atoms with van der Waals surface area (Å²) in [5, 5.41) is 3.95. The molecule has 0 radical (unpaired) electrons. The minimum absolute atomic E-state index is 0.0552. The number of piperazine rings is 1. The number of amides is 2. The molecule has 138 valence electrons. The molecule has 3 rings (SSSR count). The average Bonchev–Trinajstić information content (AvgIpc) is 3.01. The van der Waals surface area contributed by atoms with Gasteiger partial charge in [0.2, 0.25) is 5.91 Å². The van der Waals surface area contributed by atoms with Crippen molar-refractivity contribution in [3.63, 3.8) is 0 Å². The molecule has 1 unspecified atom stereocenters. The quantitative estimate of drug-likeness (QED) is 0.770. The van der Waals surface area contributed by atoms with Gasteiger partial charge in [-0.3, -0.25) is 9.59 Å². The summed E-state index contributed by atoms with van der Waals surface area (Å²) in [5.74, 6) is 0.242. The Morgan fingerprint density at radius 1 is 1.38 bits per heavy atom. The van der Waals surface area contributed by atoms with Gasteiger partial charge in [0.05, 0.1) is 17.4 Å². The van der Waals surface area contributed by atoms with Crippen molar-refractivity contribution in [3.8, 4) is 0 Å². The van der Waals surface area contributed by atoms with E-state index in [0.29, 0.717) is 30.0 Å². The fourth-order valence-corrected chi connectivity index (χ4v) is 3.99. The second-order valence-corrected chi connectivity index (χ2v) is 7.23. The van der Waals surface area contributed by atoms with Crippen LogP contribution >= 0.6 is 11.8 Å². The second-order valence-electron chi connectivity index (χ2n) is 6.38. The van der Waals surface area contributed by atoms with Crippen molar-refractivity contribution in [2.75, 3.05) is 24.2 Å². The Kier molecular flexibility index (Phi) is 5.36. The van der Waals surface area contributed by atoms with Crippen LogP contribution < -0.4 is 4.90 Å². The number of benzene rings is 1. The first-order valence-corrected chi connectivity index (χ1v) is 9.89. The number of carbonyl (C=O) groups excluding carboxylic acids is 2. The summed E-state index contributed by atoms with van der Waals surface area (Å²) in [4.78, 5) is 30.3. The summed E-state index contributed by atoms with van der Waals surface area (Å²) >= 11 is 1.61. The summed E-state index contributed by atoms with van der Waals surface area (Å²) in [6.07, 6.45) is 2.61. The summed E-state index contributed by atoms with van der Waals surface area (Å²) < 4.78 is 5.18. The van der Waals surface area contributed by atoms with Crippen LogP contribution in [0.5, 0.6) is 0 Å². The molecule has 1 aromatic carbocycles. The number of para-hydroxylation sites is 1. The molecule has 1 fully saturated rings. The molecule has 0 aliphatic carbocycles. The highest BCUT2D eigenvalue weighted by Gasteiger charge is 2.36. The highest BCUT2D eigenvalue weighted by atomic mass is 32.2. The highest BCUT2D eigenvalue weighted by Crippen LogP contribution is 2.32. The third-order valence-electron chi connectivity index (χ3n) is 4.63. The summed E-state index contributed by atoms with van der Waals surface area (Å²) in [7, 11) is 0. The fourth-order valence-electron chi connectivity index (χ4n) is 3.40. The largest absolute Gasteiger partial charge is 0.361 e. The Hall–Kier alpha value is -2.28. The maximum atomic E-state index is 13.0. The molecular formula is C19H23N3O3S. The maximum Gasteiger partial charge on any atom is 0.259 e. The molecule has 0 saturated carbocycles. The molecule has 7 heteroatoms. The van der Waals surface area contributed by atoms with E-state index in [1.165, 1.54) is 0 Å². The van der Waals surface area contributed by atoms with E-state index in [1.807, 2.05) is 44.4 Å². The number of nitrogens with zero attached hydrogens (tertiary/aromatic N) is 3. The van der Waals surface area contributed by atoms with E-state index in [4.69, 9.17) is 4.52 Å². The van der Waals surface area contributed by atoms with Crippen molar-refractivity contribution in [1.29, 1.82) is 0 Å². The van der Waals surface area contributed by atoms with Crippen LogP contribution in [0, 0.1) is 6.92 Å². The van der Waals surface area contributed by atoms with Crippen molar-refractivity contribution in [2.45, 2.75) is 38.1 Å². The van der Waals surface area contributed by atoms with Crippen LogP contribution in [0.2, 0.25) is 0 Å². The number of thioether (sulfide) groups is 1. The lowest BCUT2D eigenvalue weighted by Gasteiger charge is -2.40. The van der Waals surface area contributed by atoms with Gasteiger partial charge in [0.1, 0.15) is 17.9 Å². The van der Waals surface area contributed by atoms with Gasteiger partial charge in [0.25, 0.3) is 5.91 Å². The standard InChI is InChI=1S/C19H23N3O3S/c1-5-14-18(13(3)25-20-14)19(24)21-10-12(2)22(17(23)11-21)15-8-6-7-9-16(15)26-4/h6-9,12H,5,10-11H2,1-4H3. The zero-order valence-electron chi connectivity index (χ0n) is 15.5. The third kappa shape index (κ3) is 3.23. The molecule has 0 N–H and O–H groups in total. The molecular weight excluding hydrogens is 350 g/mol. The molecule has 1 aliphatic rings. The molecule has 2 amide bonds. The first-order chi connectivity index (χ1) is 12.5. The zero-order valence-corrected chi connectivity index (χ0v) is 16.3. The number of rotatable bonds is 4. The predicted molar refractivity (Wildman–Crippen MR) is 102 cm³/mol. The van der Waals surface area contributed by atoms with Crippen LogP contribution in [0.3, 0.4) is 0 Å². The molecule has 1 aromatic heterocycles. The Morgan fingerprint density at radius 2 is 2.12 bits per heavy atom. The van der Waals surface area contributed by atoms with Crippen molar-refractivity contribution < 1.29 is 14.1 Å². The van der Waals surface area contributed by atoms with Gasteiger partial charge in [-0.15, -0.1) is 11.8 Å². The van der Waals surface area contributed by atoms with Gasteiger partial charge >= 0.3 is 0 Å². The second kappa shape index (κ2) is 7.53. The average molecular weight is 373 g/mol. The lowest BCUT2D eigenvalue weighted by molar-refractivity contribution is -0.121. The van der Waals surface area contributed by atoms with E-state index in [9.17, 15) is 9.59 Å². The minimum Gasteiger partial charge on any atom is -0.361 e. The lowest BCUT2D eigenvalue weighted by atomic mass is 10.1. The summed E-state index contributed by atoms with van der Waals surface area (Å²) in [6, 6.07) is 7.74. The van der Waals surface area contributed by atoms with Crippen LogP contribution in [-0.2, 0) is 11.2 Å². The molecule has 0 bridgehead atoms. The molecule has 1 atom stereocenters. The molecule has 2 heterocycles. The number of hydrogen-bond donors (Lipinski definition) is 0. The Labute approximate surface area is 157 Å². The van der Waals surface area contributed by atoms with Crippen molar-refractivity contribution in [2.24, 2.45) is 0 Å². The number of carbonyl (C=O) groups is 2. The topological polar surface area (TPSA) is 66.7 Å². The van der Waals surface area contributed by atoms with Crippen LogP contribution in [0.1, 0.15) is 35.7 Å². The zero-order chi connectivity index (χ0) is 18.8. The van der Waals surface area contributed by atoms with Gasteiger partial charge in [-0.1, -0.05) is 24.2 Å². The van der Waals surface area contributed by atoms with E-state index in [1.54, 1.807) is 28.5 Å². The van der Waals surface area contributed by atoms with E-state index in [0.717, 1.165) is 10.6 Å². The van der Waals surface area contributed by atoms with Crippen molar-refractivity contribution >= 4 is 29.3 Å². The van der Waals surface area contributed by atoms with Gasteiger partial charge in [-0.2, -0.15) is 0 Å². The van der Waals surface area contributed by atoms with E-state index in [2.05, 4.69) is 5.16 Å². The first-order valence-electron chi connectivity index (χ1n) is 8.67. The van der Waals surface area contributed by atoms with Crippen molar-refractivity contribution in [3.05, 3.63) is 41.3 Å². The molecule has 1 saturated heterocycles. The van der Waals surface area contributed by atoms with E-state index in [-0.39, 0.29) is 24.4 Å².